The van der Waals surface area contributed by atoms with Crippen molar-refractivity contribution < 1.29 is 15.3 Å². The smallest absolute Gasteiger partial charge is 0.200 e. The van der Waals surface area contributed by atoms with E-state index in [-0.39, 0.29) is 17.5 Å². The minimum atomic E-state index is -0.430. The molecule has 100 valence electrons. The number of phenolic OH excluding ortho intramolecular Hbond substituents is 3. The highest BCUT2D eigenvalue weighted by Crippen LogP contribution is 2.42. The largest absolute Gasteiger partial charge is 0.504 e. The molecule has 0 radical (unpaired) electrons. The lowest BCUT2D eigenvalue weighted by molar-refractivity contribution is 0.166. The number of hydrogen-bond donors (Lipinski definition) is 4. The highest BCUT2D eigenvalue weighted by molar-refractivity contribution is 5.54. The van der Waals surface area contributed by atoms with Gasteiger partial charge in [-0.3, -0.25) is 4.90 Å². The summed E-state index contributed by atoms with van der Waals surface area (Å²) in [6.45, 7) is 5.75. The van der Waals surface area contributed by atoms with Gasteiger partial charge in [-0.1, -0.05) is 6.92 Å². The van der Waals surface area contributed by atoms with Gasteiger partial charge in [0, 0.05) is 37.8 Å². The molecule has 1 aliphatic heterocycles. The molecule has 4 N–H and O–H groups in total. The summed E-state index contributed by atoms with van der Waals surface area (Å²) in [5.74, 6) is -0.923. The summed E-state index contributed by atoms with van der Waals surface area (Å²) in [6.07, 6.45) is 0.845. The zero-order valence-electron chi connectivity index (χ0n) is 10.6. The van der Waals surface area contributed by atoms with E-state index in [1.54, 1.807) is 6.07 Å². The van der Waals surface area contributed by atoms with E-state index in [1.807, 2.05) is 0 Å². The summed E-state index contributed by atoms with van der Waals surface area (Å²) in [6, 6.07) is 3.18. The molecule has 1 aromatic carbocycles. The van der Waals surface area contributed by atoms with Crippen LogP contribution in [0.25, 0.3) is 0 Å². The van der Waals surface area contributed by atoms with Crippen LogP contribution in [-0.4, -0.2) is 46.4 Å². The van der Waals surface area contributed by atoms with Gasteiger partial charge < -0.3 is 20.6 Å². The molecule has 0 aliphatic carbocycles. The third-order valence-corrected chi connectivity index (χ3v) is 3.50. The predicted molar refractivity (Wildman–Crippen MR) is 68.9 cm³/mol. The lowest BCUT2D eigenvalue weighted by Gasteiger charge is -2.35. The second-order valence-electron chi connectivity index (χ2n) is 4.58. The van der Waals surface area contributed by atoms with Crippen LogP contribution in [0.2, 0.25) is 0 Å². The quantitative estimate of drug-likeness (QED) is 0.607. The highest BCUT2D eigenvalue weighted by atomic mass is 16.3. The third kappa shape index (κ3) is 2.37. The van der Waals surface area contributed by atoms with Gasteiger partial charge in [0.1, 0.15) is 0 Å². The summed E-state index contributed by atoms with van der Waals surface area (Å²) in [5.41, 5.74) is 0.676. The van der Waals surface area contributed by atoms with Crippen LogP contribution in [0, 0.1) is 0 Å². The maximum atomic E-state index is 9.96. The summed E-state index contributed by atoms with van der Waals surface area (Å²) < 4.78 is 0. The molecule has 0 amide bonds. The molecule has 1 heterocycles. The Kier molecular flexibility index (Phi) is 3.93. The monoisotopic (exact) mass is 252 g/mol. The van der Waals surface area contributed by atoms with E-state index >= 15 is 0 Å². The van der Waals surface area contributed by atoms with E-state index in [1.165, 1.54) is 6.07 Å². The van der Waals surface area contributed by atoms with Crippen molar-refractivity contribution in [2.24, 2.45) is 0 Å². The number of aromatic hydroxyl groups is 3. The van der Waals surface area contributed by atoms with Crippen molar-refractivity contribution in [3.8, 4) is 17.2 Å². The first-order valence-corrected chi connectivity index (χ1v) is 6.33. The minimum absolute atomic E-state index is 0.0681. The van der Waals surface area contributed by atoms with Crippen molar-refractivity contribution in [3.05, 3.63) is 17.7 Å². The Labute approximate surface area is 107 Å². The van der Waals surface area contributed by atoms with E-state index in [2.05, 4.69) is 17.1 Å². The summed E-state index contributed by atoms with van der Waals surface area (Å²) in [4.78, 5) is 2.28. The van der Waals surface area contributed by atoms with Gasteiger partial charge in [-0.05, 0) is 18.6 Å². The van der Waals surface area contributed by atoms with Crippen molar-refractivity contribution in [1.29, 1.82) is 0 Å². The van der Waals surface area contributed by atoms with Gasteiger partial charge in [0.05, 0.1) is 0 Å². The highest BCUT2D eigenvalue weighted by Gasteiger charge is 2.24. The standard InChI is InChI=1S/C13H20N2O3/c1-2-10(15-7-5-14-6-8-15)9-3-4-11(16)13(18)12(9)17/h3-4,10,14,16-18H,2,5-8H2,1H3/t10-/m1/s1. The van der Waals surface area contributed by atoms with Crippen molar-refractivity contribution >= 4 is 0 Å². The molecule has 5 heteroatoms. The Bertz CT molecular complexity index is 417. The van der Waals surface area contributed by atoms with Crippen LogP contribution in [0.1, 0.15) is 24.9 Å². The number of nitrogens with zero attached hydrogens (tertiary/aromatic N) is 1. The maximum absolute atomic E-state index is 9.96. The van der Waals surface area contributed by atoms with E-state index in [0.29, 0.717) is 5.56 Å². The van der Waals surface area contributed by atoms with Gasteiger partial charge in [0.2, 0.25) is 5.75 Å². The molecule has 1 aromatic rings. The lowest BCUT2D eigenvalue weighted by Crippen LogP contribution is -2.45. The van der Waals surface area contributed by atoms with E-state index < -0.39 is 5.75 Å². The summed E-state index contributed by atoms with van der Waals surface area (Å²) >= 11 is 0. The molecule has 1 saturated heterocycles. The van der Waals surface area contributed by atoms with Crippen LogP contribution in [0.4, 0.5) is 0 Å². The molecule has 1 fully saturated rings. The van der Waals surface area contributed by atoms with Crippen LogP contribution < -0.4 is 5.32 Å². The van der Waals surface area contributed by atoms with Gasteiger partial charge in [0.25, 0.3) is 0 Å². The summed E-state index contributed by atoms with van der Waals surface area (Å²) in [7, 11) is 0. The van der Waals surface area contributed by atoms with Gasteiger partial charge in [-0.25, -0.2) is 0 Å². The van der Waals surface area contributed by atoms with Crippen LogP contribution in [0.15, 0.2) is 12.1 Å². The molecule has 18 heavy (non-hydrogen) atoms. The first-order chi connectivity index (χ1) is 8.65. The number of hydrogen-bond acceptors (Lipinski definition) is 5. The molecular weight excluding hydrogens is 232 g/mol. The topological polar surface area (TPSA) is 76.0 Å². The number of piperazine rings is 1. The zero-order chi connectivity index (χ0) is 13.1. The lowest BCUT2D eigenvalue weighted by atomic mass is 10.00. The number of nitrogens with one attached hydrogen (secondary N) is 1. The van der Waals surface area contributed by atoms with Crippen LogP contribution >= 0.6 is 0 Å². The van der Waals surface area contributed by atoms with Gasteiger partial charge >= 0.3 is 0 Å². The zero-order valence-corrected chi connectivity index (χ0v) is 10.6. The number of rotatable bonds is 3. The molecular formula is C13H20N2O3. The van der Waals surface area contributed by atoms with Crippen molar-refractivity contribution in [2.45, 2.75) is 19.4 Å². The normalized spacial score (nSPS) is 18.7. The van der Waals surface area contributed by atoms with Gasteiger partial charge in [0.15, 0.2) is 11.5 Å². The van der Waals surface area contributed by atoms with Crippen LogP contribution in [0.5, 0.6) is 17.2 Å². The molecule has 0 bridgehead atoms. The predicted octanol–water partition coefficient (Wildman–Crippen LogP) is 1.16. The third-order valence-electron chi connectivity index (χ3n) is 3.50. The molecule has 0 saturated carbocycles. The molecule has 1 aliphatic rings. The molecule has 1 atom stereocenters. The SMILES string of the molecule is CC[C@H](c1ccc(O)c(O)c1O)N1CCNCC1. The van der Waals surface area contributed by atoms with E-state index in [9.17, 15) is 15.3 Å². The Balaban J connectivity index is 2.29. The minimum Gasteiger partial charge on any atom is -0.504 e. The average molecular weight is 252 g/mol. The Hall–Kier alpha value is -1.46. The van der Waals surface area contributed by atoms with Gasteiger partial charge in [-0.15, -0.1) is 0 Å². The fourth-order valence-electron chi connectivity index (χ4n) is 2.52. The molecule has 0 spiro atoms. The average Bonchev–Trinajstić information content (AvgIpc) is 2.41. The van der Waals surface area contributed by atoms with Gasteiger partial charge in [-0.2, -0.15) is 0 Å². The summed E-state index contributed by atoms with van der Waals surface area (Å²) in [5, 5.41) is 32.2. The first-order valence-electron chi connectivity index (χ1n) is 6.33. The fraction of sp³-hybridized carbons (Fsp3) is 0.538. The van der Waals surface area contributed by atoms with E-state index in [0.717, 1.165) is 32.6 Å². The van der Waals surface area contributed by atoms with Crippen molar-refractivity contribution in [1.82, 2.24) is 10.2 Å². The maximum Gasteiger partial charge on any atom is 0.200 e. The van der Waals surface area contributed by atoms with Crippen LogP contribution in [-0.2, 0) is 0 Å². The number of phenols is 3. The Morgan fingerprint density at radius 2 is 1.83 bits per heavy atom. The Morgan fingerprint density at radius 1 is 1.17 bits per heavy atom. The fourth-order valence-corrected chi connectivity index (χ4v) is 2.52. The molecule has 0 aromatic heterocycles. The first kappa shape index (κ1) is 13.0. The number of benzene rings is 1. The van der Waals surface area contributed by atoms with Crippen molar-refractivity contribution in [3.63, 3.8) is 0 Å². The van der Waals surface area contributed by atoms with Crippen LogP contribution in [0.3, 0.4) is 0 Å². The Morgan fingerprint density at radius 3 is 2.44 bits per heavy atom. The van der Waals surface area contributed by atoms with Crippen molar-refractivity contribution in [2.75, 3.05) is 26.2 Å². The second-order valence-corrected chi connectivity index (χ2v) is 4.58. The molecule has 5 nitrogen and oxygen atoms in total. The molecule has 0 unspecified atom stereocenters. The van der Waals surface area contributed by atoms with E-state index in [4.69, 9.17) is 0 Å². The second kappa shape index (κ2) is 5.46. The molecule has 2 rings (SSSR count).